The number of fused-ring (bicyclic) bond motifs is 4. The Bertz CT molecular complexity index is 3960. The highest BCUT2D eigenvalue weighted by Gasteiger charge is 2.28. The van der Waals surface area contributed by atoms with E-state index in [2.05, 4.69) is 298 Å². The monoisotopic (exact) mass is 1010 g/mol. The van der Waals surface area contributed by atoms with Crippen molar-refractivity contribution < 1.29 is 9.30 Å². The molecule has 5 heteroatoms. The standard InChI is InChI=1S/C72H72N4O/c1-47(69(2,3)4)61-44-67(73-45-62(61)49-33-35-51(36-34-49)70(5,6)7)76-63-30-18-17-27-59(63)60-38-37-56(43-66(60)76)77-55-26-21-25-54(42-55)74-46-75(65-32-20-19-31-64(65)74)68-57(48-23-15-14-16-24-48)28-22-29-58(68)50-39-52(71(8,9)10)41-53(40-50)72(11,12)13/h14-45,47H,1-13H3. The zero-order valence-corrected chi connectivity index (χ0v) is 47.2. The van der Waals surface area contributed by atoms with Crippen LogP contribution < -0.4 is 9.30 Å². The molecule has 11 rings (SSSR count). The van der Waals surface area contributed by atoms with Crippen LogP contribution in [0.25, 0.3) is 83.4 Å². The van der Waals surface area contributed by atoms with E-state index in [1.165, 1.54) is 44.3 Å². The van der Waals surface area contributed by atoms with E-state index in [-0.39, 0.29) is 27.6 Å². The highest BCUT2D eigenvalue weighted by atomic mass is 16.5. The summed E-state index contributed by atoms with van der Waals surface area (Å²) in [6.45, 7) is 30.0. The summed E-state index contributed by atoms with van der Waals surface area (Å²) >= 11 is 0. The largest absolute Gasteiger partial charge is 0.458 e. The van der Waals surface area contributed by atoms with Gasteiger partial charge in [-0.25, -0.2) is 4.98 Å². The molecule has 1 unspecified atom stereocenters. The number of benzene rings is 8. The van der Waals surface area contributed by atoms with Gasteiger partial charge in [0.05, 0.1) is 33.4 Å². The van der Waals surface area contributed by atoms with Gasteiger partial charge in [0.15, 0.2) is 0 Å². The first-order chi connectivity index (χ1) is 36.6. The number of rotatable bonds is 9. The summed E-state index contributed by atoms with van der Waals surface area (Å²) in [7, 11) is 0. The number of nitrogens with zero attached hydrogens (tertiary/aromatic N) is 4. The predicted octanol–water partition coefficient (Wildman–Crippen LogP) is 19.0. The molecule has 0 spiro atoms. The van der Waals surface area contributed by atoms with Crippen molar-refractivity contribution in [3.63, 3.8) is 0 Å². The van der Waals surface area contributed by atoms with Gasteiger partial charge in [-0.3, -0.25) is 13.7 Å². The quantitative estimate of drug-likeness (QED) is 0.107. The van der Waals surface area contributed by atoms with Crippen molar-refractivity contribution in [2.75, 3.05) is 0 Å². The van der Waals surface area contributed by atoms with E-state index in [1.54, 1.807) is 0 Å². The molecular weight excluding hydrogens is 937 g/mol. The van der Waals surface area contributed by atoms with Gasteiger partial charge < -0.3 is 4.74 Å². The fourth-order valence-electron chi connectivity index (χ4n) is 10.8. The van der Waals surface area contributed by atoms with E-state index in [0.29, 0.717) is 0 Å². The molecule has 0 saturated carbocycles. The van der Waals surface area contributed by atoms with Gasteiger partial charge in [-0.2, -0.15) is 0 Å². The molecule has 0 aliphatic rings. The van der Waals surface area contributed by atoms with Crippen LogP contribution in [0.3, 0.4) is 0 Å². The van der Waals surface area contributed by atoms with E-state index < -0.39 is 0 Å². The van der Waals surface area contributed by atoms with Crippen LogP contribution in [-0.4, -0.2) is 14.1 Å². The Morgan fingerprint density at radius 1 is 0.468 bits per heavy atom. The molecule has 77 heavy (non-hydrogen) atoms. The van der Waals surface area contributed by atoms with Gasteiger partial charge in [0.2, 0.25) is 0 Å². The molecule has 5 nitrogen and oxygen atoms in total. The lowest BCUT2D eigenvalue weighted by Gasteiger charge is -2.30. The fourth-order valence-corrected chi connectivity index (χ4v) is 10.8. The molecule has 0 fully saturated rings. The van der Waals surface area contributed by atoms with E-state index >= 15 is 0 Å². The second-order valence-corrected chi connectivity index (χ2v) is 25.3. The molecule has 0 radical (unpaired) electrons. The first kappa shape index (κ1) is 51.1. The van der Waals surface area contributed by atoms with Gasteiger partial charge in [-0.15, -0.1) is 0 Å². The maximum absolute atomic E-state index is 6.92. The van der Waals surface area contributed by atoms with Crippen LogP contribution in [-0.2, 0) is 16.2 Å². The van der Waals surface area contributed by atoms with E-state index in [1.807, 2.05) is 6.07 Å². The smallest absolute Gasteiger partial charge is 0.269 e. The summed E-state index contributed by atoms with van der Waals surface area (Å²) in [6, 6.07) is 68.1. The average molecular weight is 1010 g/mol. The van der Waals surface area contributed by atoms with Crippen molar-refractivity contribution in [3.05, 3.63) is 223 Å². The second-order valence-electron chi connectivity index (χ2n) is 25.3. The third-order valence-corrected chi connectivity index (χ3v) is 15.8. The molecule has 11 aromatic rings. The summed E-state index contributed by atoms with van der Waals surface area (Å²) in [5.74, 6) is 2.59. The number of hydrogen-bond donors (Lipinski definition) is 0. The molecule has 0 N–H and O–H groups in total. The highest BCUT2D eigenvalue weighted by molar-refractivity contribution is 6.09. The molecule has 0 bridgehead atoms. The van der Waals surface area contributed by atoms with Crippen LogP contribution in [0.2, 0.25) is 0 Å². The maximum atomic E-state index is 6.92. The normalized spacial score (nSPS) is 12.9. The third kappa shape index (κ3) is 9.78. The van der Waals surface area contributed by atoms with Crippen LogP contribution in [0, 0.1) is 11.7 Å². The van der Waals surface area contributed by atoms with Crippen molar-refractivity contribution in [1.29, 1.82) is 0 Å². The van der Waals surface area contributed by atoms with Gasteiger partial charge in [0.1, 0.15) is 17.3 Å². The third-order valence-electron chi connectivity index (χ3n) is 15.8. The fraction of sp³-hybridized carbons (Fsp3) is 0.250. The minimum Gasteiger partial charge on any atom is -0.458 e. The highest BCUT2D eigenvalue weighted by Crippen LogP contribution is 2.43. The summed E-state index contributed by atoms with van der Waals surface area (Å²) < 4.78 is 13.7. The minimum absolute atomic E-state index is 0.0186. The second kappa shape index (κ2) is 19.2. The number of imidazole rings is 1. The predicted molar refractivity (Wildman–Crippen MR) is 323 cm³/mol. The maximum Gasteiger partial charge on any atom is 0.269 e. The summed E-state index contributed by atoms with van der Waals surface area (Å²) in [5, 5.41) is 2.31. The molecule has 3 heterocycles. The van der Waals surface area contributed by atoms with Gasteiger partial charge in [-0.05, 0) is 120 Å². The molecule has 0 amide bonds. The first-order valence-corrected chi connectivity index (χ1v) is 27.3. The molecule has 1 atom stereocenters. The zero-order chi connectivity index (χ0) is 54.2. The summed E-state index contributed by atoms with van der Waals surface area (Å²) in [5.41, 5.74) is 18.4. The van der Waals surface area contributed by atoms with Crippen molar-refractivity contribution in [2.24, 2.45) is 5.41 Å². The number of ether oxygens (including phenoxy) is 1. The van der Waals surface area contributed by atoms with Crippen molar-refractivity contribution >= 4 is 32.8 Å². The van der Waals surface area contributed by atoms with E-state index in [4.69, 9.17) is 9.72 Å². The summed E-state index contributed by atoms with van der Waals surface area (Å²) in [6.07, 6.45) is 5.99. The van der Waals surface area contributed by atoms with Gasteiger partial charge in [0.25, 0.3) is 6.33 Å². The Morgan fingerprint density at radius 3 is 1.73 bits per heavy atom. The number of hydrogen-bond acceptors (Lipinski definition) is 2. The zero-order valence-electron chi connectivity index (χ0n) is 47.2. The van der Waals surface area contributed by atoms with Crippen molar-refractivity contribution in [1.82, 2.24) is 14.1 Å². The topological polar surface area (TPSA) is 35.9 Å². The van der Waals surface area contributed by atoms with Crippen molar-refractivity contribution in [2.45, 2.75) is 112 Å². The Kier molecular flexibility index (Phi) is 12.8. The minimum atomic E-state index is -0.0434. The van der Waals surface area contributed by atoms with Gasteiger partial charge in [-0.1, -0.05) is 230 Å². The van der Waals surface area contributed by atoms with E-state index in [9.17, 15) is 0 Å². The van der Waals surface area contributed by atoms with Crippen LogP contribution >= 0.6 is 0 Å². The van der Waals surface area contributed by atoms with E-state index in [0.717, 1.165) is 72.8 Å². The van der Waals surface area contributed by atoms with Gasteiger partial charge >= 0.3 is 0 Å². The van der Waals surface area contributed by atoms with Gasteiger partial charge in [0, 0.05) is 28.6 Å². The molecule has 8 aromatic carbocycles. The Labute approximate surface area is 456 Å². The molecule has 0 aliphatic carbocycles. The molecular formula is C72H72N4O. The lowest BCUT2D eigenvalue weighted by molar-refractivity contribution is -0.571. The Hall–Kier alpha value is -8.02. The van der Waals surface area contributed by atoms with Crippen LogP contribution in [0.5, 0.6) is 11.5 Å². The Morgan fingerprint density at radius 2 is 1.05 bits per heavy atom. The number of pyridine rings is 1. The van der Waals surface area contributed by atoms with Crippen LogP contribution in [0.4, 0.5) is 0 Å². The first-order valence-electron chi connectivity index (χ1n) is 27.3. The van der Waals surface area contributed by atoms with Crippen LogP contribution in [0.1, 0.15) is 118 Å². The number of para-hydroxylation sites is 4. The lowest BCUT2D eigenvalue weighted by atomic mass is 9.75. The summed E-state index contributed by atoms with van der Waals surface area (Å²) in [4.78, 5) is 5.29. The van der Waals surface area contributed by atoms with Crippen LogP contribution in [0.15, 0.2) is 194 Å². The molecule has 0 aliphatic heterocycles. The van der Waals surface area contributed by atoms with Crippen molar-refractivity contribution in [3.8, 4) is 62.1 Å². The molecule has 3 aromatic heterocycles. The Balaban J connectivity index is 1.02. The molecule has 386 valence electrons. The average Bonchev–Trinajstić information content (AvgIpc) is 3.96. The number of aromatic nitrogens is 4. The SMILES string of the molecule is CC(c1cc(-n2c3ccccc3c3ccc(Oc4cccc(-n5[c-][n+](-c6c(-c7ccccc7)cccc6-c6cc(C(C)(C)C)cc(C(C)(C)C)c6)c6ccccc65)c4)cc32)ncc1-c1ccc(C(C)(C)C)cc1)C(C)(C)C. The molecule has 0 saturated heterocycles. The lowest BCUT2D eigenvalue weighted by Crippen LogP contribution is -2.31.